The van der Waals surface area contributed by atoms with Crippen LogP contribution in [-0.2, 0) is 22.9 Å². The Morgan fingerprint density at radius 1 is 1.24 bits per heavy atom. The van der Waals surface area contributed by atoms with Gasteiger partial charge in [-0.3, -0.25) is 0 Å². The maximum absolute atomic E-state index is 12.4. The molecule has 1 aliphatic carbocycles. The van der Waals surface area contributed by atoms with Crippen LogP contribution >= 0.6 is 15.9 Å². The summed E-state index contributed by atoms with van der Waals surface area (Å²) in [6.07, 6.45) is 5.24. The third-order valence-corrected chi connectivity index (χ3v) is 6.07. The van der Waals surface area contributed by atoms with Gasteiger partial charge in [0.15, 0.2) is 0 Å². The van der Waals surface area contributed by atoms with Crippen molar-refractivity contribution >= 4 is 26.0 Å². The molecule has 3 nitrogen and oxygen atoms in total. The van der Waals surface area contributed by atoms with E-state index in [4.69, 9.17) is 0 Å². The number of halogens is 1. The molecule has 0 aromatic heterocycles. The van der Waals surface area contributed by atoms with Gasteiger partial charge in [0.25, 0.3) is 0 Å². The minimum atomic E-state index is -3.40. The Bertz CT molecular complexity index is 596. The van der Waals surface area contributed by atoms with Crippen LogP contribution in [0.3, 0.4) is 0 Å². The third kappa shape index (κ3) is 4.54. The van der Waals surface area contributed by atoms with Gasteiger partial charge in [0.2, 0.25) is 10.0 Å². The minimum Gasteiger partial charge on any atom is -0.211 e. The van der Waals surface area contributed by atoms with Crippen molar-refractivity contribution in [2.45, 2.75) is 50.8 Å². The molecular formula is C16H24BrNO2S. The van der Waals surface area contributed by atoms with Crippen molar-refractivity contribution in [3.8, 4) is 0 Å². The summed E-state index contributed by atoms with van der Waals surface area (Å²) in [5.74, 6) is 0. The highest BCUT2D eigenvalue weighted by Gasteiger charge is 2.23. The van der Waals surface area contributed by atoms with E-state index in [1.165, 1.54) is 11.1 Å². The van der Waals surface area contributed by atoms with Gasteiger partial charge in [0.05, 0.1) is 4.90 Å². The summed E-state index contributed by atoms with van der Waals surface area (Å²) < 4.78 is 27.6. The number of benzene rings is 1. The lowest BCUT2D eigenvalue weighted by Gasteiger charge is -2.24. The number of alkyl halides is 1. The average Bonchev–Trinajstić information content (AvgIpc) is 2.91. The van der Waals surface area contributed by atoms with Crippen LogP contribution in [0.15, 0.2) is 23.1 Å². The quantitative estimate of drug-likeness (QED) is 0.741. The highest BCUT2D eigenvalue weighted by atomic mass is 79.9. The van der Waals surface area contributed by atoms with E-state index in [-0.39, 0.29) is 5.41 Å². The second kappa shape index (κ2) is 6.80. The summed E-state index contributed by atoms with van der Waals surface area (Å²) >= 11 is 3.42. The molecule has 0 unspecified atom stereocenters. The maximum Gasteiger partial charge on any atom is 0.240 e. The van der Waals surface area contributed by atoms with Crippen molar-refractivity contribution in [1.82, 2.24) is 4.72 Å². The molecule has 0 amide bonds. The first-order valence-corrected chi connectivity index (χ1v) is 10.1. The predicted octanol–water partition coefficient (Wildman–Crippen LogP) is 3.65. The first-order valence-electron chi connectivity index (χ1n) is 7.51. The first kappa shape index (κ1) is 17.0. The van der Waals surface area contributed by atoms with Crippen LogP contribution in [0, 0.1) is 5.41 Å². The van der Waals surface area contributed by atoms with Crippen LogP contribution in [0.1, 0.15) is 44.2 Å². The highest BCUT2D eigenvalue weighted by molar-refractivity contribution is 9.09. The molecule has 0 radical (unpaired) electrons. The lowest BCUT2D eigenvalue weighted by Crippen LogP contribution is -2.34. The van der Waals surface area contributed by atoms with Gasteiger partial charge >= 0.3 is 0 Å². The molecule has 1 aromatic carbocycles. The molecule has 1 N–H and O–H groups in total. The van der Waals surface area contributed by atoms with E-state index in [0.29, 0.717) is 11.4 Å². The van der Waals surface area contributed by atoms with E-state index in [9.17, 15) is 8.42 Å². The number of aryl methyl sites for hydroxylation is 2. The fourth-order valence-electron chi connectivity index (χ4n) is 2.72. The Balaban J connectivity index is 2.05. The molecule has 2 rings (SSSR count). The van der Waals surface area contributed by atoms with Crippen molar-refractivity contribution in [3.63, 3.8) is 0 Å². The maximum atomic E-state index is 12.4. The van der Waals surface area contributed by atoms with Gasteiger partial charge in [-0.1, -0.05) is 35.8 Å². The van der Waals surface area contributed by atoms with Gasteiger partial charge < -0.3 is 0 Å². The molecule has 0 heterocycles. The molecule has 21 heavy (non-hydrogen) atoms. The van der Waals surface area contributed by atoms with Crippen molar-refractivity contribution in [2.75, 3.05) is 11.9 Å². The van der Waals surface area contributed by atoms with Gasteiger partial charge in [-0.2, -0.15) is 0 Å². The van der Waals surface area contributed by atoms with Crippen molar-refractivity contribution in [3.05, 3.63) is 29.3 Å². The molecule has 5 heteroatoms. The van der Waals surface area contributed by atoms with Crippen LogP contribution in [0.2, 0.25) is 0 Å². The molecule has 0 spiro atoms. The van der Waals surface area contributed by atoms with Crippen LogP contribution < -0.4 is 4.72 Å². The van der Waals surface area contributed by atoms with E-state index >= 15 is 0 Å². The standard InChI is InChI=1S/C16H24BrNO2S/c1-16(2,9-4-10-17)12-18-21(19,20)15-8-7-13-5-3-6-14(13)11-15/h7-8,11,18H,3-6,9-10,12H2,1-2H3. The zero-order valence-corrected chi connectivity index (χ0v) is 15.2. The van der Waals surface area contributed by atoms with Gasteiger partial charge in [-0.05, 0) is 60.8 Å². The zero-order chi connectivity index (χ0) is 15.5. The van der Waals surface area contributed by atoms with Crippen molar-refractivity contribution < 1.29 is 8.42 Å². The lowest BCUT2D eigenvalue weighted by molar-refractivity contribution is 0.332. The summed E-state index contributed by atoms with van der Waals surface area (Å²) in [5, 5.41) is 0.952. The molecule has 0 fully saturated rings. The number of hydrogen-bond acceptors (Lipinski definition) is 2. The fraction of sp³-hybridized carbons (Fsp3) is 0.625. The number of nitrogens with one attached hydrogen (secondary N) is 1. The lowest BCUT2D eigenvalue weighted by atomic mass is 9.88. The van der Waals surface area contributed by atoms with Gasteiger partial charge in [-0.15, -0.1) is 0 Å². The van der Waals surface area contributed by atoms with Crippen molar-refractivity contribution in [2.24, 2.45) is 5.41 Å². The highest BCUT2D eigenvalue weighted by Crippen LogP contribution is 2.26. The topological polar surface area (TPSA) is 46.2 Å². The van der Waals surface area contributed by atoms with E-state index in [1.54, 1.807) is 6.07 Å². The largest absolute Gasteiger partial charge is 0.240 e. The minimum absolute atomic E-state index is 0.0302. The summed E-state index contributed by atoms with van der Waals surface area (Å²) in [6.45, 7) is 4.67. The van der Waals surface area contributed by atoms with Gasteiger partial charge in [0, 0.05) is 11.9 Å². The van der Waals surface area contributed by atoms with E-state index in [2.05, 4.69) is 34.5 Å². The Hall–Kier alpha value is -0.390. The summed E-state index contributed by atoms with van der Waals surface area (Å²) in [5.41, 5.74) is 2.46. The van der Waals surface area contributed by atoms with Crippen LogP contribution in [0.5, 0.6) is 0 Å². The molecule has 0 atom stereocenters. The Morgan fingerprint density at radius 3 is 2.67 bits per heavy atom. The third-order valence-electron chi connectivity index (χ3n) is 4.11. The molecule has 0 bridgehead atoms. The van der Waals surface area contributed by atoms with E-state index in [0.717, 1.165) is 37.4 Å². The Labute approximate surface area is 136 Å². The van der Waals surface area contributed by atoms with Gasteiger partial charge in [-0.25, -0.2) is 13.1 Å². The van der Waals surface area contributed by atoms with Crippen LogP contribution in [0.4, 0.5) is 0 Å². The zero-order valence-electron chi connectivity index (χ0n) is 12.8. The van der Waals surface area contributed by atoms with Crippen LogP contribution in [-0.4, -0.2) is 20.3 Å². The predicted molar refractivity (Wildman–Crippen MR) is 90.5 cm³/mol. The molecule has 0 aliphatic heterocycles. The molecule has 0 saturated carbocycles. The van der Waals surface area contributed by atoms with Crippen LogP contribution in [0.25, 0.3) is 0 Å². The molecule has 118 valence electrons. The molecule has 1 aliphatic rings. The number of fused-ring (bicyclic) bond motifs is 1. The normalized spacial score (nSPS) is 15.2. The SMILES string of the molecule is CC(C)(CCCBr)CNS(=O)(=O)c1ccc2c(c1)CCC2. The molecule has 0 saturated heterocycles. The summed E-state index contributed by atoms with van der Waals surface area (Å²) in [7, 11) is -3.40. The fourth-order valence-corrected chi connectivity index (χ4v) is 4.30. The van der Waals surface area contributed by atoms with E-state index < -0.39 is 10.0 Å². The van der Waals surface area contributed by atoms with E-state index in [1.807, 2.05) is 12.1 Å². The smallest absolute Gasteiger partial charge is 0.211 e. The second-order valence-corrected chi connectivity index (χ2v) is 9.13. The summed E-state index contributed by atoms with van der Waals surface area (Å²) in [4.78, 5) is 0.402. The Kier molecular flexibility index (Phi) is 5.49. The molecule has 1 aromatic rings. The number of rotatable bonds is 7. The second-order valence-electron chi connectivity index (χ2n) is 6.57. The van der Waals surface area contributed by atoms with Crippen molar-refractivity contribution in [1.29, 1.82) is 0 Å². The average molecular weight is 374 g/mol. The number of hydrogen-bond donors (Lipinski definition) is 1. The Morgan fingerprint density at radius 2 is 1.95 bits per heavy atom. The van der Waals surface area contributed by atoms with Gasteiger partial charge in [0.1, 0.15) is 0 Å². The summed E-state index contributed by atoms with van der Waals surface area (Å²) in [6, 6.07) is 5.54. The molecular weight excluding hydrogens is 350 g/mol. The number of sulfonamides is 1. The monoisotopic (exact) mass is 373 g/mol. The first-order chi connectivity index (χ1) is 9.84.